The quantitative estimate of drug-likeness (QED) is 0.498. The summed E-state index contributed by atoms with van der Waals surface area (Å²) in [6, 6.07) is 10.9. The number of nitrogens with zero attached hydrogens (tertiary/aromatic N) is 1. The summed E-state index contributed by atoms with van der Waals surface area (Å²) in [5.41, 5.74) is 1.82. The van der Waals surface area contributed by atoms with Gasteiger partial charge in [0.05, 0.1) is 14.9 Å². The molecule has 7 heteroatoms. The van der Waals surface area contributed by atoms with Crippen molar-refractivity contribution in [3.8, 4) is 10.4 Å². The molecule has 0 aliphatic rings. The van der Waals surface area contributed by atoms with Crippen molar-refractivity contribution in [3.05, 3.63) is 73.3 Å². The molecule has 124 valence electrons. The van der Waals surface area contributed by atoms with Crippen molar-refractivity contribution in [2.45, 2.75) is 13.1 Å². The molecule has 0 atom stereocenters. The van der Waals surface area contributed by atoms with Crippen LogP contribution in [0.15, 0.2) is 42.6 Å². The van der Waals surface area contributed by atoms with Gasteiger partial charge in [-0.25, -0.2) is 4.98 Å². The summed E-state index contributed by atoms with van der Waals surface area (Å²) in [5.74, 6) is 0. The molecule has 0 saturated heterocycles. The summed E-state index contributed by atoms with van der Waals surface area (Å²) >= 11 is 26.1. The van der Waals surface area contributed by atoms with Crippen molar-refractivity contribution in [3.63, 3.8) is 0 Å². The first-order chi connectivity index (χ1) is 11.5. The Kier molecular flexibility index (Phi) is 6.03. The van der Waals surface area contributed by atoms with Crippen LogP contribution in [0.25, 0.3) is 10.4 Å². The smallest absolute Gasteiger partial charge is 0.107 e. The third-order valence-electron chi connectivity index (χ3n) is 3.37. The van der Waals surface area contributed by atoms with Gasteiger partial charge >= 0.3 is 0 Å². The first-order valence-corrected chi connectivity index (χ1v) is 9.41. The number of nitrogens with one attached hydrogen (secondary N) is 1. The fourth-order valence-electron chi connectivity index (χ4n) is 2.21. The minimum Gasteiger partial charge on any atom is -0.306 e. The predicted molar refractivity (Wildman–Crippen MR) is 105 cm³/mol. The van der Waals surface area contributed by atoms with Crippen molar-refractivity contribution < 1.29 is 0 Å². The molecule has 0 aliphatic carbocycles. The van der Waals surface area contributed by atoms with Crippen molar-refractivity contribution in [2.24, 2.45) is 0 Å². The van der Waals surface area contributed by atoms with Crippen LogP contribution in [0.1, 0.15) is 10.6 Å². The maximum Gasteiger partial charge on any atom is 0.107 e. The van der Waals surface area contributed by atoms with Crippen LogP contribution < -0.4 is 5.32 Å². The first-order valence-electron chi connectivity index (χ1n) is 7.08. The second-order valence-corrected chi connectivity index (χ2v) is 7.83. The highest BCUT2D eigenvalue weighted by Gasteiger charge is 2.12. The zero-order chi connectivity index (χ0) is 17.1. The molecule has 0 unspecified atom stereocenters. The zero-order valence-electron chi connectivity index (χ0n) is 12.3. The number of hydrogen-bond acceptors (Lipinski definition) is 3. The van der Waals surface area contributed by atoms with E-state index in [0.717, 1.165) is 21.0 Å². The Morgan fingerprint density at radius 3 is 2.38 bits per heavy atom. The molecule has 0 bridgehead atoms. The maximum atomic E-state index is 6.24. The molecule has 0 fully saturated rings. The Labute approximate surface area is 164 Å². The Bertz CT molecular complexity index is 843. The average molecular weight is 418 g/mol. The molecule has 0 amide bonds. The van der Waals surface area contributed by atoms with Crippen LogP contribution in [0.2, 0.25) is 20.1 Å². The van der Waals surface area contributed by atoms with E-state index in [9.17, 15) is 0 Å². The monoisotopic (exact) mass is 416 g/mol. The van der Waals surface area contributed by atoms with Gasteiger partial charge in [0.15, 0.2) is 0 Å². The second kappa shape index (κ2) is 8.05. The molecular weight excluding hydrogens is 406 g/mol. The highest BCUT2D eigenvalue weighted by molar-refractivity contribution is 7.15. The van der Waals surface area contributed by atoms with E-state index < -0.39 is 0 Å². The summed E-state index contributed by atoms with van der Waals surface area (Å²) in [6.07, 6.45) is 1.80. The van der Waals surface area contributed by atoms with Gasteiger partial charge in [0.1, 0.15) is 5.01 Å². The van der Waals surface area contributed by atoms with Crippen LogP contribution in [0.3, 0.4) is 0 Å². The number of rotatable bonds is 5. The summed E-state index contributed by atoms with van der Waals surface area (Å²) in [5, 5.41) is 6.80. The number of benzene rings is 2. The largest absolute Gasteiger partial charge is 0.306 e. The van der Waals surface area contributed by atoms with Crippen molar-refractivity contribution in [1.29, 1.82) is 0 Å². The number of halogens is 4. The fourth-order valence-corrected chi connectivity index (χ4v) is 4.36. The van der Waals surface area contributed by atoms with Crippen LogP contribution in [0.4, 0.5) is 0 Å². The number of hydrogen-bond donors (Lipinski definition) is 1. The minimum atomic E-state index is 0.624. The summed E-state index contributed by atoms with van der Waals surface area (Å²) in [7, 11) is 0. The molecule has 1 aromatic heterocycles. The lowest BCUT2D eigenvalue weighted by Crippen LogP contribution is -2.12. The van der Waals surface area contributed by atoms with Gasteiger partial charge in [0.2, 0.25) is 0 Å². The molecule has 1 N–H and O–H groups in total. The van der Waals surface area contributed by atoms with Crippen LogP contribution in [0.5, 0.6) is 0 Å². The molecule has 1 heterocycles. The van der Waals surface area contributed by atoms with Gasteiger partial charge in [0, 0.05) is 34.9 Å². The molecule has 3 rings (SSSR count). The highest BCUT2D eigenvalue weighted by Crippen LogP contribution is 2.37. The minimum absolute atomic E-state index is 0.624. The van der Waals surface area contributed by atoms with Gasteiger partial charge < -0.3 is 5.32 Å². The first kappa shape index (κ1) is 18.0. The SMILES string of the molecule is Clc1ccc(CNCc2ncc(-c3c(Cl)cccc3Cl)s2)c(Cl)c1. The Morgan fingerprint density at radius 1 is 0.917 bits per heavy atom. The van der Waals surface area contributed by atoms with Crippen LogP contribution in [-0.4, -0.2) is 4.98 Å². The molecule has 2 nitrogen and oxygen atoms in total. The predicted octanol–water partition coefficient (Wildman–Crippen LogP) is 6.71. The summed E-state index contributed by atoms with van der Waals surface area (Å²) in [6.45, 7) is 1.27. The molecule has 0 spiro atoms. The van der Waals surface area contributed by atoms with Crippen molar-refractivity contribution in [1.82, 2.24) is 10.3 Å². The van der Waals surface area contributed by atoms with Crippen LogP contribution in [-0.2, 0) is 13.1 Å². The fraction of sp³-hybridized carbons (Fsp3) is 0.118. The summed E-state index contributed by atoms with van der Waals surface area (Å²) in [4.78, 5) is 5.38. The third kappa shape index (κ3) is 4.23. The lowest BCUT2D eigenvalue weighted by atomic mass is 10.2. The van der Waals surface area contributed by atoms with Gasteiger partial charge in [-0.15, -0.1) is 11.3 Å². The normalized spacial score (nSPS) is 11.0. The Hall–Kier alpha value is -0.810. The van der Waals surface area contributed by atoms with Gasteiger partial charge in [-0.1, -0.05) is 58.5 Å². The maximum absolute atomic E-state index is 6.24. The van der Waals surface area contributed by atoms with E-state index in [4.69, 9.17) is 46.4 Å². The number of thiazole rings is 1. The zero-order valence-corrected chi connectivity index (χ0v) is 16.2. The van der Waals surface area contributed by atoms with Gasteiger partial charge in [-0.05, 0) is 29.8 Å². The van der Waals surface area contributed by atoms with E-state index in [0.29, 0.717) is 33.2 Å². The molecule has 0 aliphatic heterocycles. The summed E-state index contributed by atoms with van der Waals surface area (Å²) < 4.78 is 0. The van der Waals surface area contributed by atoms with E-state index in [1.165, 1.54) is 0 Å². The molecule has 2 aromatic carbocycles. The molecule has 3 aromatic rings. The van der Waals surface area contributed by atoms with E-state index in [2.05, 4.69) is 10.3 Å². The Morgan fingerprint density at radius 2 is 1.67 bits per heavy atom. The van der Waals surface area contributed by atoms with E-state index in [-0.39, 0.29) is 0 Å². The lowest BCUT2D eigenvalue weighted by Gasteiger charge is -2.06. The van der Waals surface area contributed by atoms with Crippen LogP contribution in [0, 0.1) is 0 Å². The molecule has 24 heavy (non-hydrogen) atoms. The Balaban J connectivity index is 1.66. The second-order valence-electron chi connectivity index (χ2n) is 5.05. The van der Waals surface area contributed by atoms with Crippen LogP contribution >= 0.6 is 57.7 Å². The molecule has 0 saturated carbocycles. The van der Waals surface area contributed by atoms with Crippen molar-refractivity contribution >= 4 is 57.7 Å². The van der Waals surface area contributed by atoms with E-state index >= 15 is 0 Å². The van der Waals surface area contributed by atoms with Gasteiger partial charge in [-0.3, -0.25) is 0 Å². The average Bonchev–Trinajstić information content (AvgIpc) is 2.98. The topological polar surface area (TPSA) is 24.9 Å². The number of aromatic nitrogens is 1. The van der Waals surface area contributed by atoms with Gasteiger partial charge in [-0.2, -0.15) is 0 Å². The van der Waals surface area contributed by atoms with Gasteiger partial charge in [0.25, 0.3) is 0 Å². The van der Waals surface area contributed by atoms with E-state index in [1.807, 2.05) is 30.3 Å². The highest BCUT2D eigenvalue weighted by atomic mass is 35.5. The lowest BCUT2D eigenvalue weighted by molar-refractivity contribution is 0.690. The van der Waals surface area contributed by atoms with Crippen molar-refractivity contribution in [2.75, 3.05) is 0 Å². The van der Waals surface area contributed by atoms with E-state index in [1.54, 1.807) is 23.6 Å². The standard InChI is InChI=1S/C17H12Cl4N2S/c18-11-5-4-10(14(21)6-11)7-22-9-16-23-8-15(24-16)17-12(19)2-1-3-13(17)20/h1-6,8,22H,7,9H2. The molecule has 0 radical (unpaired) electrons. The third-order valence-corrected chi connectivity index (χ3v) is 5.60. The molecular formula is C17H12Cl4N2S.